The Labute approximate surface area is 113 Å². The first-order valence-electron chi connectivity index (χ1n) is 5.97. The first-order chi connectivity index (χ1) is 8.41. The molecular weight excluding hydrogens is 246 g/mol. The predicted molar refractivity (Wildman–Crippen MR) is 75.7 cm³/mol. The number of nitrogens with two attached hydrogens (primary N) is 1. The van der Waals surface area contributed by atoms with Crippen LogP contribution in [0.15, 0.2) is 18.2 Å². The first-order valence-corrected chi connectivity index (χ1v) is 6.35. The summed E-state index contributed by atoms with van der Waals surface area (Å²) in [5.41, 5.74) is 11.2. The van der Waals surface area contributed by atoms with E-state index in [9.17, 15) is 0 Å². The number of aryl methyl sites for hydroxylation is 2. The largest absolute Gasteiger partial charge is 0.324 e. The predicted octanol–water partition coefficient (Wildman–Crippen LogP) is 3.38. The Morgan fingerprint density at radius 3 is 2.44 bits per heavy atom. The highest BCUT2D eigenvalue weighted by Gasteiger charge is 2.13. The Morgan fingerprint density at radius 2 is 2.00 bits per heavy atom. The van der Waals surface area contributed by atoms with Crippen molar-refractivity contribution < 1.29 is 0 Å². The van der Waals surface area contributed by atoms with E-state index in [1.165, 1.54) is 0 Å². The molecule has 0 aliphatic carbocycles. The molecule has 0 spiro atoms. The number of aromatic nitrogens is 2. The van der Waals surface area contributed by atoms with Crippen LogP contribution in [0.25, 0.3) is 11.1 Å². The normalized spacial score (nSPS) is 12.8. The summed E-state index contributed by atoms with van der Waals surface area (Å²) in [6.07, 6.45) is 0. The van der Waals surface area contributed by atoms with Crippen molar-refractivity contribution in [3.8, 4) is 11.1 Å². The van der Waals surface area contributed by atoms with E-state index < -0.39 is 0 Å². The molecule has 0 saturated heterocycles. The Kier molecular flexibility index (Phi) is 3.46. The molecule has 2 rings (SSSR count). The first kappa shape index (κ1) is 13.1. The van der Waals surface area contributed by atoms with E-state index in [1.807, 2.05) is 37.7 Å². The van der Waals surface area contributed by atoms with Gasteiger partial charge in [0.2, 0.25) is 0 Å². The number of nitrogens with zero attached hydrogens (tertiary/aromatic N) is 2. The summed E-state index contributed by atoms with van der Waals surface area (Å²) >= 11 is 6.28. The van der Waals surface area contributed by atoms with Gasteiger partial charge in [-0.25, -0.2) is 0 Å². The second-order valence-corrected chi connectivity index (χ2v) is 5.10. The van der Waals surface area contributed by atoms with E-state index in [0.29, 0.717) is 5.02 Å². The van der Waals surface area contributed by atoms with Crippen molar-refractivity contribution in [3.63, 3.8) is 0 Å². The Morgan fingerprint density at radius 1 is 1.33 bits per heavy atom. The van der Waals surface area contributed by atoms with Gasteiger partial charge in [0, 0.05) is 29.4 Å². The number of rotatable bonds is 2. The van der Waals surface area contributed by atoms with Crippen molar-refractivity contribution in [1.82, 2.24) is 9.78 Å². The fourth-order valence-electron chi connectivity index (χ4n) is 2.24. The molecular formula is C14H18ClN3. The van der Waals surface area contributed by atoms with Crippen molar-refractivity contribution in [1.29, 1.82) is 0 Å². The van der Waals surface area contributed by atoms with Crippen LogP contribution in [0.1, 0.15) is 29.9 Å². The van der Waals surface area contributed by atoms with E-state index in [0.717, 1.165) is 28.1 Å². The van der Waals surface area contributed by atoms with Crippen molar-refractivity contribution >= 4 is 11.6 Å². The van der Waals surface area contributed by atoms with Gasteiger partial charge in [0.05, 0.1) is 5.69 Å². The van der Waals surface area contributed by atoms with E-state index in [1.54, 1.807) is 0 Å². The zero-order chi connectivity index (χ0) is 13.4. The zero-order valence-corrected chi connectivity index (χ0v) is 11.9. The average molecular weight is 264 g/mol. The summed E-state index contributed by atoms with van der Waals surface area (Å²) in [6, 6.07) is 5.97. The van der Waals surface area contributed by atoms with Crippen molar-refractivity contribution in [2.75, 3.05) is 0 Å². The molecule has 0 saturated carbocycles. The molecule has 4 heteroatoms. The van der Waals surface area contributed by atoms with Crippen molar-refractivity contribution in [2.24, 2.45) is 12.8 Å². The molecule has 18 heavy (non-hydrogen) atoms. The van der Waals surface area contributed by atoms with Crippen LogP contribution < -0.4 is 5.73 Å². The van der Waals surface area contributed by atoms with Gasteiger partial charge in [-0.3, -0.25) is 4.68 Å². The molecule has 0 aliphatic rings. The van der Waals surface area contributed by atoms with Crippen LogP contribution in [0.2, 0.25) is 5.02 Å². The maximum absolute atomic E-state index is 6.28. The lowest BCUT2D eigenvalue weighted by atomic mass is 10.0. The van der Waals surface area contributed by atoms with E-state index in [2.05, 4.69) is 18.1 Å². The lowest BCUT2D eigenvalue weighted by Crippen LogP contribution is -2.05. The molecule has 1 heterocycles. The number of benzene rings is 1. The van der Waals surface area contributed by atoms with Crippen LogP contribution in [-0.4, -0.2) is 9.78 Å². The molecule has 2 aromatic rings. The lowest BCUT2D eigenvalue weighted by molar-refractivity contribution is 0.731. The van der Waals surface area contributed by atoms with Crippen molar-refractivity contribution in [2.45, 2.75) is 26.8 Å². The molecule has 0 amide bonds. The standard InChI is InChI=1S/C14H18ClN3/c1-8(16)12-6-5-11(7-13(12)15)14-9(2)17-18(4)10(14)3/h5-8H,16H2,1-4H3. The van der Waals surface area contributed by atoms with Gasteiger partial charge in [-0.05, 0) is 38.0 Å². The van der Waals surface area contributed by atoms with Crippen molar-refractivity contribution in [3.05, 3.63) is 40.2 Å². The molecule has 1 aromatic carbocycles. The Hall–Kier alpha value is -1.32. The minimum absolute atomic E-state index is 0.0531. The second kappa shape index (κ2) is 4.75. The SMILES string of the molecule is Cc1nn(C)c(C)c1-c1ccc(C(C)N)c(Cl)c1. The smallest absolute Gasteiger partial charge is 0.0674 e. The highest BCUT2D eigenvalue weighted by atomic mass is 35.5. The molecule has 2 N–H and O–H groups in total. The monoisotopic (exact) mass is 263 g/mol. The van der Waals surface area contributed by atoms with Gasteiger partial charge in [-0.15, -0.1) is 0 Å². The lowest BCUT2D eigenvalue weighted by Gasteiger charge is -2.10. The van der Waals surface area contributed by atoms with Gasteiger partial charge in [0.1, 0.15) is 0 Å². The Balaban J connectivity index is 2.56. The molecule has 1 aromatic heterocycles. The topological polar surface area (TPSA) is 43.8 Å². The summed E-state index contributed by atoms with van der Waals surface area (Å²) in [7, 11) is 1.95. The summed E-state index contributed by atoms with van der Waals surface area (Å²) < 4.78 is 1.89. The van der Waals surface area contributed by atoms with E-state index >= 15 is 0 Å². The minimum Gasteiger partial charge on any atom is -0.324 e. The van der Waals surface area contributed by atoms with Crippen LogP contribution in [0.5, 0.6) is 0 Å². The van der Waals surface area contributed by atoms with E-state index in [4.69, 9.17) is 17.3 Å². The number of hydrogen-bond acceptors (Lipinski definition) is 2. The highest BCUT2D eigenvalue weighted by molar-refractivity contribution is 6.31. The van der Waals surface area contributed by atoms with Crippen LogP contribution in [0.4, 0.5) is 0 Å². The molecule has 0 aliphatic heterocycles. The third-order valence-electron chi connectivity index (χ3n) is 3.29. The van der Waals surface area contributed by atoms with Crippen LogP contribution in [-0.2, 0) is 7.05 Å². The molecule has 0 fully saturated rings. The summed E-state index contributed by atoms with van der Waals surface area (Å²) in [5.74, 6) is 0. The number of hydrogen-bond donors (Lipinski definition) is 1. The molecule has 1 unspecified atom stereocenters. The molecule has 3 nitrogen and oxygen atoms in total. The molecule has 0 radical (unpaired) electrons. The fraction of sp³-hybridized carbons (Fsp3) is 0.357. The number of halogens is 1. The summed E-state index contributed by atoms with van der Waals surface area (Å²) in [5, 5.41) is 5.14. The maximum Gasteiger partial charge on any atom is 0.0674 e. The van der Waals surface area contributed by atoms with Gasteiger partial charge in [-0.2, -0.15) is 5.10 Å². The Bertz CT molecular complexity index is 585. The van der Waals surface area contributed by atoms with Crippen LogP contribution in [0.3, 0.4) is 0 Å². The third kappa shape index (κ3) is 2.16. The highest BCUT2D eigenvalue weighted by Crippen LogP contribution is 2.31. The zero-order valence-electron chi connectivity index (χ0n) is 11.2. The second-order valence-electron chi connectivity index (χ2n) is 4.69. The van der Waals surface area contributed by atoms with Gasteiger partial charge in [0.25, 0.3) is 0 Å². The van der Waals surface area contributed by atoms with Gasteiger partial charge < -0.3 is 5.73 Å². The van der Waals surface area contributed by atoms with Gasteiger partial charge >= 0.3 is 0 Å². The quantitative estimate of drug-likeness (QED) is 0.903. The molecule has 0 bridgehead atoms. The van der Waals surface area contributed by atoms with E-state index in [-0.39, 0.29) is 6.04 Å². The van der Waals surface area contributed by atoms with Gasteiger partial charge in [-0.1, -0.05) is 23.7 Å². The average Bonchev–Trinajstić information content (AvgIpc) is 2.52. The minimum atomic E-state index is -0.0531. The summed E-state index contributed by atoms with van der Waals surface area (Å²) in [4.78, 5) is 0. The van der Waals surface area contributed by atoms with Crippen LogP contribution in [0, 0.1) is 13.8 Å². The summed E-state index contributed by atoms with van der Waals surface area (Å²) in [6.45, 7) is 6.00. The third-order valence-corrected chi connectivity index (χ3v) is 3.62. The van der Waals surface area contributed by atoms with Gasteiger partial charge in [0.15, 0.2) is 0 Å². The molecule has 96 valence electrons. The maximum atomic E-state index is 6.28. The fourth-order valence-corrected chi connectivity index (χ4v) is 2.60. The molecule has 1 atom stereocenters. The van der Waals surface area contributed by atoms with Crippen LogP contribution >= 0.6 is 11.6 Å².